The molecule has 0 aliphatic carbocycles. The Kier molecular flexibility index (Phi) is 21.0. The van der Waals surface area contributed by atoms with Crippen LogP contribution in [0.25, 0.3) is 0 Å². The predicted octanol–water partition coefficient (Wildman–Crippen LogP) is 10.1. The fourth-order valence-electron chi connectivity index (χ4n) is 7.37. The SMILES string of the molecule is CC(C)(C)OC(=O)N(CCCCN(CCCNC(=O)NCCC(c1ccccc1)c1ccccc1)C(=O)OC(C)(C)C)CCCNC(=O)NCCC(c1ccccc1)c1ccccc1. The zero-order valence-corrected chi connectivity index (χ0v) is 38.9. The second kappa shape index (κ2) is 26.6. The molecule has 0 aliphatic heterocycles. The normalized spacial score (nSPS) is 11.4. The van der Waals surface area contributed by atoms with Crippen LogP contribution >= 0.6 is 0 Å². The van der Waals surface area contributed by atoms with Gasteiger partial charge in [0.2, 0.25) is 0 Å². The quantitative estimate of drug-likeness (QED) is 0.0547. The summed E-state index contributed by atoms with van der Waals surface area (Å²) in [6.45, 7) is 14.4. The summed E-state index contributed by atoms with van der Waals surface area (Å²) in [4.78, 5) is 55.4. The standard InChI is InChI=1S/C52H72N6O6/c1-51(2,3)63-49(61)57(39-21-33-53-47(59)55-35-31-45(41-23-11-7-12-24-41)42-25-13-8-14-26-42)37-19-20-38-58(50(62)64-52(4,5)6)40-22-34-54-48(60)56-36-32-46(43-27-15-9-16-28-43)44-29-17-10-18-30-44/h7-18,23-30,45-46H,19-22,31-40H2,1-6H3,(H2,53,55,59)(H2,54,56,60). The average Bonchev–Trinajstić information content (AvgIpc) is 3.26. The summed E-state index contributed by atoms with van der Waals surface area (Å²) in [6, 6.07) is 40.7. The van der Waals surface area contributed by atoms with E-state index in [1.807, 2.05) is 114 Å². The van der Waals surface area contributed by atoms with E-state index < -0.39 is 23.4 Å². The number of nitrogens with one attached hydrogen (secondary N) is 4. The molecule has 0 saturated carbocycles. The molecule has 0 heterocycles. The molecule has 0 unspecified atom stereocenters. The highest BCUT2D eigenvalue weighted by Gasteiger charge is 2.24. The highest BCUT2D eigenvalue weighted by atomic mass is 16.6. The van der Waals surface area contributed by atoms with Crippen molar-refractivity contribution in [1.82, 2.24) is 31.1 Å². The van der Waals surface area contributed by atoms with Gasteiger partial charge in [-0.1, -0.05) is 121 Å². The summed E-state index contributed by atoms with van der Waals surface area (Å²) >= 11 is 0. The molecule has 12 heteroatoms. The number of ether oxygens (including phenoxy) is 2. The lowest BCUT2D eigenvalue weighted by Crippen LogP contribution is -2.41. The maximum atomic E-state index is 13.3. The number of hydrogen-bond acceptors (Lipinski definition) is 6. The Labute approximate surface area is 381 Å². The van der Waals surface area contributed by atoms with Gasteiger partial charge in [0.05, 0.1) is 0 Å². The Hall–Kier alpha value is -6.04. The van der Waals surface area contributed by atoms with Gasteiger partial charge in [-0.05, 0) is 102 Å². The van der Waals surface area contributed by atoms with Crippen molar-refractivity contribution in [2.24, 2.45) is 0 Å². The molecular formula is C52H72N6O6. The van der Waals surface area contributed by atoms with Crippen LogP contribution in [0.4, 0.5) is 19.2 Å². The van der Waals surface area contributed by atoms with E-state index in [9.17, 15) is 19.2 Å². The topological polar surface area (TPSA) is 141 Å². The first-order valence-electron chi connectivity index (χ1n) is 22.9. The van der Waals surface area contributed by atoms with E-state index in [4.69, 9.17) is 9.47 Å². The molecule has 0 fully saturated rings. The predicted molar refractivity (Wildman–Crippen MR) is 256 cm³/mol. The molecule has 0 aliphatic rings. The molecule has 4 N–H and O–H groups in total. The zero-order chi connectivity index (χ0) is 46.2. The summed E-state index contributed by atoms with van der Waals surface area (Å²) in [5.41, 5.74) is 3.47. The summed E-state index contributed by atoms with van der Waals surface area (Å²) in [5, 5.41) is 11.9. The number of benzene rings is 4. The fraction of sp³-hybridized carbons (Fsp3) is 0.462. The summed E-state index contributed by atoms with van der Waals surface area (Å²) in [7, 11) is 0. The van der Waals surface area contributed by atoms with Crippen LogP contribution < -0.4 is 21.3 Å². The number of unbranched alkanes of at least 4 members (excludes halogenated alkanes) is 1. The van der Waals surface area contributed by atoms with Gasteiger partial charge >= 0.3 is 24.2 Å². The van der Waals surface area contributed by atoms with Crippen molar-refractivity contribution in [3.8, 4) is 0 Å². The van der Waals surface area contributed by atoms with Gasteiger partial charge in [-0.3, -0.25) is 0 Å². The molecule has 0 atom stereocenters. The van der Waals surface area contributed by atoms with Crippen LogP contribution in [0.2, 0.25) is 0 Å². The molecule has 4 aromatic carbocycles. The highest BCUT2D eigenvalue weighted by Crippen LogP contribution is 2.28. The minimum atomic E-state index is -0.671. The van der Waals surface area contributed by atoms with Crippen molar-refractivity contribution in [1.29, 1.82) is 0 Å². The average molecular weight is 877 g/mol. The van der Waals surface area contributed by atoms with Crippen LogP contribution in [-0.2, 0) is 9.47 Å². The number of amides is 6. The van der Waals surface area contributed by atoms with E-state index in [0.29, 0.717) is 78.0 Å². The number of hydrogen-bond donors (Lipinski definition) is 4. The van der Waals surface area contributed by atoms with Gasteiger partial charge in [0.25, 0.3) is 0 Å². The van der Waals surface area contributed by atoms with Gasteiger partial charge in [-0.2, -0.15) is 0 Å². The Balaban J connectivity index is 1.20. The third kappa shape index (κ3) is 19.6. The number of urea groups is 2. The smallest absolute Gasteiger partial charge is 0.410 e. The Bertz CT molecular complexity index is 1730. The van der Waals surface area contributed by atoms with Gasteiger partial charge in [0.1, 0.15) is 11.2 Å². The third-order valence-corrected chi connectivity index (χ3v) is 10.4. The Morgan fingerprint density at radius 1 is 0.422 bits per heavy atom. The van der Waals surface area contributed by atoms with Crippen LogP contribution in [0.1, 0.15) is 114 Å². The first-order chi connectivity index (χ1) is 30.7. The maximum absolute atomic E-state index is 13.3. The van der Waals surface area contributed by atoms with Crippen molar-refractivity contribution >= 4 is 24.2 Å². The van der Waals surface area contributed by atoms with E-state index in [1.165, 1.54) is 22.3 Å². The molecule has 346 valence electrons. The largest absolute Gasteiger partial charge is 0.444 e. The van der Waals surface area contributed by atoms with Gasteiger partial charge in [0, 0.05) is 64.2 Å². The monoisotopic (exact) mass is 877 g/mol. The molecule has 12 nitrogen and oxygen atoms in total. The minimum Gasteiger partial charge on any atom is -0.444 e. The second-order valence-corrected chi connectivity index (χ2v) is 18.0. The third-order valence-electron chi connectivity index (χ3n) is 10.4. The molecule has 0 radical (unpaired) electrons. The highest BCUT2D eigenvalue weighted by molar-refractivity contribution is 5.74. The minimum absolute atomic E-state index is 0.159. The summed E-state index contributed by atoms with van der Waals surface area (Å²) < 4.78 is 11.4. The van der Waals surface area contributed by atoms with Crippen molar-refractivity contribution in [3.63, 3.8) is 0 Å². The lowest BCUT2D eigenvalue weighted by Gasteiger charge is -2.29. The van der Waals surface area contributed by atoms with Crippen LogP contribution in [0.5, 0.6) is 0 Å². The number of carbonyl (C=O) groups is 4. The van der Waals surface area contributed by atoms with Crippen molar-refractivity contribution in [2.75, 3.05) is 52.4 Å². The molecule has 4 rings (SSSR count). The molecule has 64 heavy (non-hydrogen) atoms. The molecule has 0 saturated heterocycles. The van der Waals surface area contributed by atoms with Crippen LogP contribution in [-0.4, -0.2) is 97.6 Å². The number of carbonyl (C=O) groups excluding carboxylic acids is 4. The molecule has 6 amide bonds. The summed E-state index contributed by atoms with van der Waals surface area (Å²) in [6.07, 6.45) is 2.96. The zero-order valence-electron chi connectivity index (χ0n) is 38.9. The molecule has 0 spiro atoms. The van der Waals surface area contributed by atoms with Gasteiger partial charge in [-0.25, -0.2) is 19.2 Å². The first-order valence-corrected chi connectivity index (χ1v) is 22.9. The van der Waals surface area contributed by atoms with Gasteiger partial charge in [-0.15, -0.1) is 0 Å². The van der Waals surface area contributed by atoms with Crippen LogP contribution in [0.15, 0.2) is 121 Å². The Morgan fingerprint density at radius 2 is 0.688 bits per heavy atom. The molecule has 4 aromatic rings. The lowest BCUT2D eigenvalue weighted by atomic mass is 9.88. The summed E-state index contributed by atoms with van der Waals surface area (Å²) in [5.74, 6) is 0.318. The van der Waals surface area contributed by atoms with E-state index >= 15 is 0 Å². The van der Waals surface area contributed by atoms with Crippen LogP contribution in [0.3, 0.4) is 0 Å². The molecule has 0 bridgehead atoms. The van der Waals surface area contributed by atoms with E-state index in [0.717, 1.165) is 12.8 Å². The van der Waals surface area contributed by atoms with Crippen LogP contribution in [0, 0.1) is 0 Å². The fourth-order valence-corrected chi connectivity index (χ4v) is 7.37. The maximum Gasteiger partial charge on any atom is 0.410 e. The number of rotatable bonds is 23. The number of nitrogens with zero attached hydrogens (tertiary/aromatic N) is 2. The van der Waals surface area contributed by atoms with Gasteiger partial charge in [0.15, 0.2) is 0 Å². The van der Waals surface area contributed by atoms with Crippen molar-refractivity contribution < 1.29 is 28.7 Å². The van der Waals surface area contributed by atoms with Crippen molar-refractivity contribution in [2.45, 2.75) is 103 Å². The second-order valence-electron chi connectivity index (χ2n) is 18.0. The first kappa shape index (κ1) is 50.6. The van der Waals surface area contributed by atoms with E-state index in [2.05, 4.69) is 69.8 Å². The van der Waals surface area contributed by atoms with Crippen molar-refractivity contribution in [3.05, 3.63) is 144 Å². The van der Waals surface area contributed by atoms with E-state index in [-0.39, 0.29) is 23.9 Å². The molecule has 0 aromatic heterocycles. The van der Waals surface area contributed by atoms with E-state index in [1.54, 1.807) is 9.80 Å². The molecular weight excluding hydrogens is 805 g/mol. The van der Waals surface area contributed by atoms with Gasteiger partial charge < -0.3 is 40.5 Å². The Morgan fingerprint density at radius 3 is 0.969 bits per heavy atom. The lowest BCUT2D eigenvalue weighted by molar-refractivity contribution is 0.0208.